The number of amides is 1. The molecule has 1 saturated carbocycles. The van der Waals surface area contributed by atoms with Gasteiger partial charge in [-0.05, 0) is 25.3 Å². The molecule has 0 saturated heterocycles. The normalized spacial score (nSPS) is 15.9. The number of hydrogen-bond donors (Lipinski definition) is 2. The summed E-state index contributed by atoms with van der Waals surface area (Å²) in [5.41, 5.74) is 1.33. The highest BCUT2D eigenvalue weighted by Crippen LogP contribution is 2.31. The molecule has 0 atom stereocenters. The molecule has 6 heteroatoms. The number of nitrogens with zero attached hydrogens (tertiary/aromatic N) is 2. The maximum Gasteiger partial charge on any atom is 0.323 e. The molecule has 1 aromatic heterocycles. The number of carboxylic acid groups (broad SMARTS) is 1. The zero-order valence-corrected chi connectivity index (χ0v) is 12.5. The highest BCUT2D eigenvalue weighted by molar-refractivity contribution is 5.94. The molecule has 1 aromatic rings. The number of aromatic amines is 1. The van der Waals surface area contributed by atoms with Crippen LogP contribution in [0.3, 0.4) is 0 Å². The van der Waals surface area contributed by atoms with Crippen LogP contribution in [0.15, 0.2) is 6.07 Å². The molecule has 21 heavy (non-hydrogen) atoms. The Morgan fingerprint density at radius 3 is 2.71 bits per heavy atom. The molecule has 0 bridgehead atoms. The second-order valence-electron chi connectivity index (χ2n) is 5.66. The minimum atomic E-state index is -1.00. The van der Waals surface area contributed by atoms with Gasteiger partial charge in [-0.3, -0.25) is 14.7 Å². The van der Waals surface area contributed by atoms with E-state index in [2.05, 4.69) is 10.2 Å². The Morgan fingerprint density at radius 2 is 2.10 bits per heavy atom. The van der Waals surface area contributed by atoms with Crippen molar-refractivity contribution in [3.05, 3.63) is 17.5 Å². The summed E-state index contributed by atoms with van der Waals surface area (Å²) in [6, 6.07) is 1.79. The van der Waals surface area contributed by atoms with Crippen LogP contribution in [0.4, 0.5) is 0 Å². The molecule has 0 spiro atoms. The predicted octanol–water partition coefficient (Wildman–Crippen LogP) is 2.39. The van der Waals surface area contributed by atoms with Crippen molar-refractivity contribution in [2.45, 2.75) is 51.4 Å². The van der Waals surface area contributed by atoms with Crippen molar-refractivity contribution >= 4 is 11.9 Å². The Hall–Kier alpha value is -1.85. The summed E-state index contributed by atoms with van der Waals surface area (Å²) in [4.78, 5) is 24.5. The van der Waals surface area contributed by atoms with E-state index in [-0.39, 0.29) is 12.5 Å². The summed E-state index contributed by atoms with van der Waals surface area (Å²) in [6.07, 6.45) is 6.69. The zero-order valence-electron chi connectivity index (χ0n) is 12.5. The van der Waals surface area contributed by atoms with Gasteiger partial charge in [0.15, 0.2) is 0 Å². The first kappa shape index (κ1) is 15.5. The van der Waals surface area contributed by atoms with Gasteiger partial charge in [0.05, 0.1) is 0 Å². The number of nitrogens with one attached hydrogen (secondary N) is 1. The van der Waals surface area contributed by atoms with E-state index in [1.807, 2.05) is 6.92 Å². The summed E-state index contributed by atoms with van der Waals surface area (Å²) in [5.74, 6) is -0.857. The fraction of sp³-hybridized carbons (Fsp3) is 0.667. The van der Waals surface area contributed by atoms with Crippen LogP contribution in [0, 0.1) is 0 Å². The van der Waals surface area contributed by atoms with Gasteiger partial charge < -0.3 is 10.0 Å². The molecule has 2 rings (SSSR count). The number of aromatic nitrogens is 2. The Bertz CT molecular complexity index is 492. The Balaban J connectivity index is 2.07. The number of H-pyrrole nitrogens is 1. The maximum absolute atomic E-state index is 12.3. The minimum Gasteiger partial charge on any atom is -0.480 e. The zero-order chi connectivity index (χ0) is 15.2. The second kappa shape index (κ2) is 7.24. The lowest BCUT2D eigenvalue weighted by Gasteiger charge is -2.20. The predicted molar refractivity (Wildman–Crippen MR) is 78.2 cm³/mol. The lowest BCUT2D eigenvalue weighted by Crippen LogP contribution is -2.36. The van der Waals surface area contributed by atoms with Crippen LogP contribution in [-0.2, 0) is 4.79 Å². The van der Waals surface area contributed by atoms with E-state index in [0.29, 0.717) is 18.2 Å². The van der Waals surface area contributed by atoms with Gasteiger partial charge in [-0.25, -0.2) is 0 Å². The summed E-state index contributed by atoms with van der Waals surface area (Å²) in [7, 11) is 0. The number of carboxylic acids is 1. The van der Waals surface area contributed by atoms with E-state index in [1.54, 1.807) is 6.07 Å². The monoisotopic (exact) mass is 293 g/mol. The van der Waals surface area contributed by atoms with Gasteiger partial charge in [0.2, 0.25) is 0 Å². The number of hydrogen-bond acceptors (Lipinski definition) is 3. The molecule has 0 radical (unpaired) electrons. The fourth-order valence-corrected chi connectivity index (χ4v) is 2.92. The third-order valence-corrected chi connectivity index (χ3v) is 3.97. The van der Waals surface area contributed by atoms with Crippen molar-refractivity contribution in [2.24, 2.45) is 0 Å². The number of rotatable bonds is 6. The standard InChI is InChI=1S/C15H23N3O3/c1-2-8-18(10-14(19)20)15(21)13-9-12(16-17-13)11-6-4-3-5-7-11/h9,11H,2-8,10H2,1H3,(H,16,17)(H,19,20). The third kappa shape index (κ3) is 4.06. The highest BCUT2D eigenvalue weighted by Gasteiger charge is 2.23. The first-order chi connectivity index (χ1) is 10.1. The molecule has 116 valence electrons. The molecule has 2 N–H and O–H groups in total. The summed E-state index contributed by atoms with van der Waals surface area (Å²) in [6.45, 7) is 2.06. The average molecular weight is 293 g/mol. The Morgan fingerprint density at radius 1 is 1.38 bits per heavy atom. The van der Waals surface area contributed by atoms with Gasteiger partial charge in [-0.1, -0.05) is 26.2 Å². The highest BCUT2D eigenvalue weighted by atomic mass is 16.4. The van der Waals surface area contributed by atoms with Gasteiger partial charge in [0.1, 0.15) is 12.2 Å². The van der Waals surface area contributed by atoms with E-state index in [9.17, 15) is 9.59 Å². The summed E-state index contributed by atoms with van der Waals surface area (Å²) < 4.78 is 0. The molecule has 0 unspecified atom stereocenters. The number of carbonyl (C=O) groups excluding carboxylic acids is 1. The van der Waals surface area contributed by atoms with Gasteiger partial charge >= 0.3 is 5.97 Å². The van der Waals surface area contributed by atoms with Crippen molar-refractivity contribution in [1.29, 1.82) is 0 Å². The van der Waals surface area contributed by atoms with Gasteiger partial charge in [-0.2, -0.15) is 5.10 Å². The molecule has 6 nitrogen and oxygen atoms in total. The molecule has 1 aliphatic rings. The first-order valence-electron chi connectivity index (χ1n) is 7.68. The van der Waals surface area contributed by atoms with Crippen molar-refractivity contribution < 1.29 is 14.7 Å². The molecule has 1 amide bonds. The average Bonchev–Trinajstić information content (AvgIpc) is 2.96. The van der Waals surface area contributed by atoms with E-state index in [4.69, 9.17) is 5.11 Å². The lowest BCUT2D eigenvalue weighted by atomic mass is 9.87. The number of carbonyl (C=O) groups is 2. The Labute approximate surface area is 124 Å². The van der Waals surface area contributed by atoms with E-state index >= 15 is 0 Å². The SMILES string of the molecule is CCCN(CC(=O)O)C(=O)c1cc(C2CCCCC2)[nH]n1. The molecule has 0 aromatic carbocycles. The minimum absolute atomic E-state index is 0.279. The molecule has 1 aliphatic carbocycles. The first-order valence-corrected chi connectivity index (χ1v) is 7.68. The largest absolute Gasteiger partial charge is 0.480 e. The van der Waals surface area contributed by atoms with Gasteiger partial charge in [0.25, 0.3) is 5.91 Å². The molecular formula is C15H23N3O3. The van der Waals surface area contributed by atoms with Crippen LogP contribution in [-0.4, -0.2) is 45.2 Å². The van der Waals surface area contributed by atoms with Crippen LogP contribution < -0.4 is 0 Å². The summed E-state index contributed by atoms with van der Waals surface area (Å²) >= 11 is 0. The van der Waals surface area contributed by atoms with E-state index in [1.165, 1.54) is 24.2 Å². The van der Waals surface area contributed by atoms with E-state index in [0.717, 1.165) is 25.0 Å². The van der Waals surface area contributed by atoms with Gasteiger partial charge in [0, 0.05) is 18.2 Å². The van der Waals surface area contributed by atoms with Crippen molar-refractivity contribution in [3.63, 3.8) is 0 Å². The molecule has 1 heterocycles. The second-order valence-corrected chi connectivity index (χ2v) is 5.66. The van der Waals surface area contributed by atoms with Crippen LogP contribution in [0.1, 0.15) is 67.5 Å². The van der Waals surface area contributed by atoms with E-state index < -0.39 is 5.97 Å². The van der Waals surface area contributed by atoms with Crippen molar-refractivity contribution in [3.8, 4) is 0 Å². The van der Waals surface area contributed by atoms with Crippen LogP contribution >= 0.6 is 0 Å². The molecule has 1 fully saturated rings. The van der Waals surface area contributed by atoms with Crippen molar-refractivity contribution in [2.75, 3.05) is 13.1 Å². The number of aliphatic carboxylic acids is 1. The van der Waals surface area contributed by atoms with Crippen LogP contribution in [0.25, 0.3) is 0 Å². The van der Waals surface area contributed by atoms with Crippen molar-refractivity contribution in [1.82, 2.24) is 15.1 Å². The molecular weight excluding hydrogens is 270 g/mol. The van der Waals surface area contributed by atoms with Crippen LogP contribution in [0.2, 0.25) is 0 Å². The van der Waals surface area contributed by atoms with Crippen LogP contribution in [0.5, 0.6) is 0 Å². The quantitative estimate of drug-likeness (QED) is 0.843. The Kier molecular flexibility index (Phi) is 5.36. The third-order valence-electron chi connectivity index (χ3n) is 3.97. The lowest BCUT2D eigenvalue weighted by molar-refractivity contribution is -0.137. The smallest absolute Gasteiger partial charge is 0.323 e. The topological polar surface area (TPSA) is 86.3 Å². The van der Waals surface area contributed by atoms with Gasteiger partial charge in [-0.15, -0.1) is 0 Å². The fourth-order valence-electron chi connectivity index (χ4n) is 2.92. The summed E-state index contributed by atoms with van der Waals surface area (Å²) in [5, 5.41) is 15.9. The maximum atomic E-state index is 12.3. The molecule has 0 aliphatic heterocycles.